The minimum atomic E-state index is -1.05. The summed E-state index contributed by atoms with van der Waals surface area (Å²) in [7, 11) is 2.61. The molecule has 0 aromatic heterocycles. The number of esters is 2. The number of hydrogen-bond donors (Lipinski definition) is 0. The molecule has 1 aliphatic carbocycles. The maximum atomic E-state index is 11.6. The van der Waals surface area contributed by atoms with Crippen molar-refractivity contribution in [2.45, 2.75) is 26.2 Å². The van der Waals surface area contributed by atoms with Crippen LogP contribution in [0.25, 0.3) is 0 Å². The predicted molar refractivity (Wildman–Crippen MR) is 49.5 cm³/mol. The normalized spacial score (nSPS) is 24.4. The number of rotatable bonds is 2. The largest absolute Gasteiger partial charge is 0.468 e. The molecule has 0 saturated heterocycles. The maximum absolute atomic E-state index is 11.6. The summed E-state index contributed by atoms with van der Waals surface area (Å²) >= 11 is 0. The molecule has 14 heavy (non-hydrogen) atoms. The van der Waals surface area contributed by atoms with Gasteiger partial charge in [0.25, 0.3) is 0 Å². The van der Waals surface area contributed by atoms with Gasteiger partial charge in [0.15, 0.2) is 5.41 Å². The van der Waals surface area contributed by atoms with E-state index in [4.69, 9.17) is 9.47 Å². The lowest BCUT2D eigenvalue weighted by Gasteiger charge is -2.27. The molecule has 0 heterocycles. The van der Waals surface area contributed by atoms with Crippen molar-refractivity contribution in [1.29, 1.82) is 0 Å². The minimum Gasteiger partial charge on any atom is -0.468 e. The van der Waals surface area contributed by atoms with Gasteiger partial charge in [-0.1, -0.05) is 13.3 Å². The second-order valence-electron chi connectivity index (χ2n) is 3.75. The molecule has 1 saturated carbocycles. The number of carbonyl (C=O) groups is 2. The van der Waals surface area contributed by atoms with Crippen LogP contribution in [0.2, 0.25) is 0 Å². The fraction of sp³-hybridized carbons (Fsp3) is 0.800. The molecule has 0 radical (unpaired) electrons. The van der Waals surface area contributed by atoms with E-state index in [2.05, 4.69) is 0 Å². The molecule has 80 valence electrons. The third kappa shape index (κ3) is 1.38. The van der Waals surface area contributed by atoms with Crippen molar-refractivity contribution in [2.75, 3.05) is 14.2 Å². The molecule has 1 unspecified atom stereocenters. The molecule has 0 aromatic carbocycles. The molecular weight excluding hydrogens is 184 g/mol. The van der Waals surface area contributed by atoms with E-state index in [-0.39, 0.29) is 5.92 Å². The van der Waals surface area contributed by atoms with Crippen LogP contribution in [-0.4, -0.2) is 26.2 Å². The molecule has 0 spiro atoms. The quantitative estimate of drug-likeness (QED) is 0.495. The Morgan fingerprint density at radius 2 is 1.71 bits per heavy atom. The van der Waals surface area contributed by atoms with Crippen molar-refractivity contribution in [3.63, 3.8) is 0 Å². The van der Waals surface area contributed by atoms with Gasteiger partial charge in [-0.05, 0) is 18.8 Å². The number of carbonyl (C=O) groups excluding carboxylic acids is 2. The first-order valence-electron chi connectivity index (χ1n) is 4.76. The summed E-state index contributed by atoms with van der Waals surface area (Å²) < 4.78 is 9.38. The molecule has 1 fully saturated rings. The average molecular weight is 200 g/mol. The van der Waals surface area contributed by atoms with Crippen molar-refractivity contribution in [3.8, 4) is 0 Å². The number of ether oxygens (including phenoxy) is 2. The summed E-state index contributed by atoms with van der Waals surface area (Å²) in [5.74, 6) is -0.925. The smallest absolute Gasteiger partial charge is 0.323 e. The minimum absolute atomic E-state index is 0.00222. The van der Waals surface area contributed by atoms with Crippen molar-refractivity contribution < 1.29 is 19.1 Å². The Kier molecular flexibility index (Phi) is 3.13. The Balaban J connectivity index is 3.01. The highest BCUT2D eigenvalue weighted by Gasteiger charge is 2.55. The maximum Gasteiger partial charge on any atom is 0.323 e. The summed E-state index contributed by atoms with van der Waals surface area (Å²) in [5, 5.41) is 0. The van der Waals surface area contributed by atoms with Gasteiger partial charge in [-0.25, -0.2) is 0 Å². The van der Waals surface area contributed by atoms with Crippen LogP contribution in [0.15, 0.2) is 0 Å². The number of hydrogen-bond acceptors (Lipinski definition) is 4. The second-order valence-corrected chi connectivity index (χ2v) is 3.75. The molecular formula is C10H16O4. The SMILES string of the molecule is COC(=O)C1(C(=O)OC)CCCC1C. The van der Waals surface area contributed by atoms with E-state index in [1.807, 2.05) is 6.92 Å². The molecule has 0 amide bonds. The van der Waals surface area contributed by atoms with Crippen LogP contribution in [0.3, 0.4) is 0 Å². The highest BCUT2D eigenvalue weighted by Crippen LogP contribution is 2.45. The zero-order valence-electron chi connectivity index (χ0n) is 8.83. The Bertz CT molecular complexity index is 231. The molecule has 0 aliphatic heterocycles. The van der Waals surface area contributed by atoms with Crippen LogP contribution in [0.4, 0.5) is 0 Å². The zero-order valence-corrected chi connectivity index (χ0v) is 8.83. The van der Waals surface area contributed by atoms with E-state index in [1.165, 1.54) is 14.2 Å². The van der Waals surface area contributed by atoms with Crippen LogP contribution >= 0.6 is 0 Å². The summed E-state index contributed by atoms with van der Waals surface area (Å²) in [6.45, 7) is 1.89. The highest BCUT2D eigenvalue weighted by molar-refractivity contribution is 6.00. The van der Waals surface area contributed by atoms with Crippen LogP contribution in [0, 0.1) is 11.3 Å². The Labute approximate surface area is 83.6 Å². The van der Waals surface area contributed by atoms with Crippen LogP contribution in [-0.2, 0) is 19.1 Å². The van der Waals surface area contributed by atoms with E-state index in [0.29, 0.717) is 6.42 Å². The van der Waals surface area contributed by atoms with Gasteiger partial charge in [0, 0.05) is 0 Å². The van der Waals surface area contributed by atoms with Crippen LogP contribution < -0.4 is 0 Å². The van der Waals surface area contributed by atoms with E-state index in [9.17, 15) is 9.59 Å². The first kappa shape index (κ1) is 11.0. The summed E-state index contributed by atoms with van der Waals surface area (Å²) in [5.41, 5.74) is -1.05. The van der Waals surface area contributed by atoms with E-state index >= 15 is 0 Å². The molecule has 1 atom stereocenters. The fourth-order valence-electron chi connectivity index (χ4n) is 2.23. The van der Waals surface area contributed by atoms with E-state index in [0.717, 1.165) is 12.8 Å². The van der Waals surface area contributed by atoms with Gasteiger partial charge in [0.05, 0.1) is 14.2 Å². The highest BCUT2D eigenvalue weighted by atomic mass is 16.5. The Morgan fingerprint density at radius 3 is 2.00 bits per heavy atom. The first-order chi connectivity index (χ1) is 6.59. The summed E-state index contributed by atoms with van der Waals surface area (Å²) in [6.07, 6.45) is 2.27. The van der Waals surface area contributed by atoms with Crippen molar-refractivity contribution in [2.24, 2.45) is 11.3 Å². The molecule has 1 rings (SSSR count). The van der Waals surface area contributed by atoms with Gasteiger partial charge in [0.2, 0.25) is 0 Å². The molecule has 0 bridgehead atoms. The van der Waals surface area contributed by atoms with Crippen molar-refractivity contribution >= 4 is 11.9 Å². The van der Waals surface area contributed by atoms with Gasteiger partial charge in [-0.3, -0.25) is 9.59 Å². The molecule has 1 aliphatic rings. The lowest BCUT2D eigenvalue weighted by Crippen LogP contribution is -2.43. The van der Waals surface area contributed by atoms with E-state index in [1.54, 1.807) is 0 Å². The lowest BCUT2D eigenvalue weighted by atomic mass is 9.79. The second kappa shape index (κ2) is 3.98. The van der Waals surface area contributed by atoms with Crippen LogP contribution in [0.5, 0.6) is 0 Å². The molecule has 4 nitrogen and oxygen atoms in total. The van der Waals surface area contributed by atoms with Gasteiger partial charge < -0.3 is 9.47 Å². The van der Waals surface area contributed by atoms with Gasteiger partial charge in [-0.2, -0.15) is 0 Å². The van der Waals surface area contributed by atoms with Gasteiger partial charge in [0.1, 0.15) is 0 Å². The van der Waals surface area contributed by atoms with Gasteiger partial charge in [-0.15, -0.1) is 0 Å². The summed E-state index contributed by atoms with van der Waals surface area (Å²) in [6, 6.07) is 0. The standard InChI is InChI=1S/C10H16O4/c1-7-5-4-6-10(7,8(11)13-2)9(12)14-3/h7H,4-6H2,1-3H3. The van der Waals surface area contributed by atoms with Gasteiger partial charge >= 0.3 is 11.9 Å². The third-order valence-corrected chi connectivity index (χ3v) is 3.15. The number of methoxy groups -OCH3 is 2. The molecule has 0 N–H and O–H groups in total. The fourth-order valence-corrected chi connectivity index (χ4v) is 2.23. The third-order valence-electron chi connectivity index (χ3n) is 3.15. The Morgan fingerprint density at radius 1 is 1.21 bits per heavy atom. The predicted octanol–water partition coefficient (Wildman–Crippen LogP) is 1.14. The first-order valence-corrected chi connectivity index (χ1v) is 4.76. The Hall–Kier alpha value is -1.06. The van der Waals surface area contributed by atoms with Crippen molar-refractivity contribution in [3.05, 3.63) is 0 Å². The topological polar surface area (TPSA) is 52.6 Å². The van der Waals surface area contributed by atoms with Crippen molar-refractivity contribution in [1.82, 2.24) is 0 Å². The molecule has 4 heteroatoms. The monoisotopic (exact) mass is 200 g/mol. The summed E-state index contributed by atoms with van der Waals surface area (Å²) in [4.78, 5) is 23.2. The van der Waals surface area contributed by atoms with Crippen LogP contribution in [0.1, 0.15) is 26.2 Å². The zero-order chi connectivity index (χ0) is 10.8. The lowest BCUT2D eigenvalue weighted by molar-refractivity contribution is -0.171. The van der Waals surface area contributed by atoms with E-state index < -0.39 is 17.4 Å². The average Bonchev–Trinajstić information content (AvgIpc) is 2.59. The molecule has 0 aromatic rings.